The normalized spacial score (nSPS) is 13.4. The second-order valence-corrected chi connectivity index (χ2v) is 8.09. The van der Waals surface area contributed by atoms with Gasteiger partial charge in [0, 0.05) is 17.2 Å². The number of carboxylic acids is 1. The number of ether oxygens (including phenoxy) is 2. The highest BCUT2D eigenvalue weighted by Crippen LogP contribution is 2.34. The molecule has 4 rings (SSSR count). The first-order chi connectivity index (χ1) is 15.2. The van der Waals surface area contributed by atoms with Crippen LogP contribution in [0, 0.1) is 0 Å². The monoisotopic (exact) mass is 433 g/mol. The molecule has 5 nitrogen and oxygen atoms in total. The third-order valence-electron chi connectivity index (χ3n) is 4.81. The Morgan fingerprint density at radius 3 is 2.48 bits per heavy atom. The van der Waals surface area contributed by atoms with Crippen LogP contribution >= 0.6 is 11.8 Å². The van der Waals surface area contributed by atoms with Gasteiger partial charge in [0.2, 0.25) is 5.76 Å². The summed E-state index contributed by atoms with van der Waals surface area (Å²) in [6.45, 7) is 2.40. The highest BCUT2D eigenvalue weighted by atomic mass is 32.2. The second kappa shape index (κ2) is 10.1. The molecule has 0 bridgehead atoms. The molecule has 0 fully saturated rings. The molecule has 0 atom stereocenters. The Labute approximate surface area is 185 Å². The van der Waals surface area contributed by atoms with Crippen molar-refractivity contribution in [3.8, 4) is 11.5 Å². The van der Waals surface area contributed by atoms with Crippen molar-refractivity contribution < 1.29 is 19.4 Å². The van der Waals surface area contributed by atoms with Gasteiger partial charge in [-0.1, -0.05) is 42.5 Å². The summed E-state index contributed by atoms with van der Waals surface area (Å²) in [5.74, 6) is 1.05. The lowest BCUT2D eigenvalue weighted by atomic mass is 10.2. The van der Waals surface area contributed by atoms with E-state index in [9.17, 15) is 9.90 Å². The van der Waals surface area contributed by atoms with E-state index >= 15 is 0 Å². The van der Waals surface area contributed by atoms with Gasteiger partial charge in [-0.3, -0.25) is 0 Å². The van der Waals surface area contributed by atoms with Gasteiger partial charge in [0.15, 0.2) is 0 Å². The fraction of sp³-hybridized carbons (Fsp3) is 0.160. The van der Waals surface area contributed by atoms with Crippen molar-refractivity contribution in [2.75, 3.05) is 30.3 Å². The maximum Gasteiger partial charge on any atom is 0.371 e. The van der Waals surface area contributed by atoms with E-state index in [4.69, 9.17) is 9.47 Å². The van der Waals surface area contributed by atoms with Crippen molar-refractivity contribution in [1.29, 1.82) is 0 Å². The number of fused-ring (bicyclic) bond motifs is 1. The van der Waals surface area contributed by atoms with Crippen molar-refractivity contribution in [3.05, 3.63) is 90.2 Å². The Balaban J connectivity index is 1.35. The predicted molar refractivity (Wildman–Crippen MR) is 124 cm³/mol. The van der Waals surface area contributed by atoms with E-state index in [2.05, 4.69) is 29.2 Å². The molecule has 0 amide bonds. The van der Waals surface area contributed by atoms with Gasteiger partial charge >= 0.3 is 5.97 Å². The molecule has 0 saturated heterocycles. The molecule has 1 heterocycles. The smallest absolute Gasteiger partial charge is 0.371 e. The molecule has 3 aromatic carbocycles. The van der Waals surface area contributed by atoms with Gasteiger partial charge in [-0.2, -0.15) is 0 Å². The molecular weight excluding hydrogens is 410 g/mol. The molecule has 0 aliphatic carbocycles. The molecule has 0 unspecified atom stereocenters. The lowest BCUT2D eigenvalue weighted by molar-refractivity contribution is -0.134. The summed E-state index contributed by atoms with van der Waals surface area (Å²) in [7, 11) is 0. The summed E-state index contributed by atoms with van der Waals surface area (Å²) in [6.07, 6.45) is 1.50. The van der Waals surface area contributed by atoms with Gasteiger partial charge in [0.05, 0.1) is 12.2 Å². The van der Waals surface area contributed by atoms with E-state index in [1.165, 1.54) is 16.7 Å². The third-order valence-corrected chi connectivity index (χ3v) is 5.86. The number of benzene rings is 3. The number of carbonyl (C=O) groups is 1. The van der Waals surface area contributed by atoms with Gasteiger partial charge in [-0.05, 0) is 48.0 Å². The van der Waals surface area contributed by atoms with Crippen molar-refractivity contribution in [3.63, 3.8) is 0 Å². The number of nitrogens with zero attached hydrogens (tertiary/aromatic N) is 1. The zero-order chi connectivity index (χ0) is 21.5. The first-order valence-corrected chi connectivity index (χ1v) is 11.0. The van der Waals surface area contributed by atoms with Gasteiger partial charge in [0.25, 0.3) is 0 Å². The summed E-state index contributed by atoms with van der Waals surface area (Å²) < 4.78 is 11.4. The summed E-state index contributed by atoms with van der Waals surface area (Å²) in [5.41, 5.74) is 1.99. The van der Waals surface area contributed by atoms with Gasteiger partial charge < -0.3 is 19.5 Å². The number of anilines is 1. The minimum Gasteiger partial charge on any atom is -0.492 e. The predicted octanol–water partition coefficient (Wildman–Crippen LogP) is 5.18. The Bertz CT molecular complexity index is 1050. The molecule has 0 spiro atoms. The molecule has 1 aliphatic rings. The van der Waals surface area contributed by atoms with Crippen LogP contribution in [0.4, 0.5) is 5.69 Å². The number of rotatable bonds is 8. The highest BCUT2D eigenvalue weighted by Gasteiger charge is 2.16. The molecule has 158 valence electrons. The van der Waals surface area contributed by atoms with Crippen molar-refractivity contribution in [2.45, 2.75) is 4.90 Å². The number of hydrogen-bond donors (Lipinski definition) is 1. The van der Waals surface area contributed by atoms with E-state index in [1.54, 1.807) is 24.3 Å². The number of aliphatic carboxylic acids is 1. The summed E-state index contributed by atoms with van der Waals surface area (Å²) >= 11 is 1.89. The largest absolute Gasteiger partial charge is 0.492 e. The number of para-hydroxylation sites is 2. The zero-order valence-corrected chi connectivity index (χ0v) is 17.8. The molecule has 6 heteroatoms. The van der Waals surface area contributed by atoms with Crippen LogP contribution in [0.25, 0.3) is 6.08 Å². The SMILES string of the molecule is O=C(O)C(=Cc1ccc(OCCN2CCSc3ccccc32)cc1)Oc1ccccc1. The topological polar surface area (TPSA) is 59.0 Å². The lowest BCUT2D eigenvalue weighted by Crippen LogP contribution is -2.33. The summed E-state index contributed by atoms with van der Waals surface area (Å²) in [4.78, 5) is 15.2. The molecule has 0 aromatic heterocycles. The van der Waals surface area contributed by atoms with Crippen molar-refractivity contribution in [2.24, 2.45) is 0 Å². The molecule has 31 heavy (non-hydrogen) atoms. The van der Waals surface area contributed by atoms with E-state index in [1.807, 2.05) is 42.1 Å². The first-order valence-electron chi connectivity index (χ1n) is 10.1. The van der Waals surface area contributed by atoms with Gasteiger partial charge in [-0.15, -0.1) is 11.8 Å². The second-order valence-electron chi connectivity index (χ2n) is 6.95. The van der Waals surface area contributed by atoms with E-state index < -0.39 is 5.97 Å². The maximum atomic E-state index is 11.5. The maximum absolute atomic E-state index is 11.5. The van der Waals surface area contributed by atoms with E-state index in [-0.39, 0.29) is 5.76 Å². The van der Waals surface area contributed by atoms with E-state index in [0.29, 0.717) is 12.4 Å². The van der Waals surface area contributed by atoms with Crippen molar-refractivity contribution >= 4 is 29.5 Å². The molecule has 0 saturated carbocycles. The Morgan fingerprint density at radius 2 is 1.71 bits per heavy atom. The average molecular weight is 434 g/mol. The quantitative estimate of drug-likeness (QED) is 0.390. The minimum absolute atomic E-state index is 0.137. The standard InChI is InChI=1S/C25H23NO4S/c27-25(28)23(30-21-6-2-1-3-7-21)18-19-10-12-20(13-11-19)29-16-14-26-15-17-31-24-9-5-4-8-22(24)26/h1-13,18H,14-17H2,(H,27,28). The zero-order valence-electron chi connectivity index (χ0n) is 16.9. The van der Waals surface area contributed by atoms with Crippen LogP contribution < -0.4 is 14.4 Å². The molecule has 0 radical (unpaired) electrons. The van der Waals surface area contributed by atoms with Crippen LogP contribution in [0.3, 0.4) is 0 Å². The Hall–Kier alpha value is -3.38. The van der Waals surface area contributed by atoms with Gasteiger partial charge in [0.1, 0.15) is 18.1 Å². The minimum atomic E-state index is -1.12. The van der Waals surface area contributed by atoms with Crippen LogP contribution in [-0.4, -0.2) is 36.5 Å². The average Bonchev–Trinajstić information content (AvgIpc) is 2.80. The van der Waals surface area contributed by atoms with Crippen LogP contribution in [-0.2, 0) is 4.79 Å². The highest BCUT2D eigenvalue weighted by molar-refractivity contribution is 7.99. The fourth-order valence-electron chi connectivity index (χ4n) is 3.29. The van der Waals surface area contributed by atoms with Crippen LogP contribution in [0.5, 0.6) is 11.5 Å². The Morgan fingerprint density at radius 1 is 0.968 bits per heavy atom. The first kappa shape index (κ1) is 20.9. The van der Waals surface area contributed by atoms with E-state index in [0.717, 1.165) is 30.2 Å². The Kier molecular flexibility index (Phi) is 6.79. The lowest BCUT2D eigenvalue weighted by Gasteiger charge is -2.30. The molecule has 1 aliphatic heterocycles. The number of carboxylic acid groups (broad SMARTS) is 1. The van der Waals surface area contributed by atoms with Crippen molar-refractivity contribution in [1.82, 2.24) is 0 Å². The molecule has 3 aromatic rings. The van der Waals surface area contributed by atoms with Gasteiger partial charge in [-0.25, -0.2) is 4.79 Å². The summed E-state index contributed by atoms with van der Waals surface area (Å²) in [5, 5.41) is 9.44. The third kappa shape index (κ3) is 5.61. The number of thioether (sulfide) groups is 1. The van der Waals surface area contributed by atoms with Crippen LogP contribution in [0.15, 0.2) is 89.5 Å². The number of hydrogen-bond acceptors (Lipinski definition) is 5. The molecular formula is C25H23NO4S. The summed E-state index contributed by atoms with van der Waals surface area (Å²) in [6, 6.07) is 24.6. The van der Waals surface area contributed by atoms with Crippen LogP contribution in [0.2, 0.25) is 0 Å². The molecule has 1 N–H and O–H groups in total. The van der Waals surface area contributed by atoms with Crippen LogP contribution in [0.1, 0.15) is 5.56 Å². The fourth-order valence-corrected chi connectivity index (χ4v) is 4.35.